The quantitative estimate of drug-likeness (QED) is 0.920. The minimum absolute atomic E-state index is 0.496. The predicted molar refractivity (Wildman–Crippen MR) is 72.3 cm³/mol. The average molecular weight is 274 g/mol. The van der Waals surface area contributed by atoms with Crippen LogP contribution in [-0.2, 0) is 10.0 Å². The first-order valence-corrected chi connectivity index (χ1v) is 7.09. The molecule has 17 heavy (non-hydrogen) atoms. The molecule has 5 heteroatoms. The fourth-order valence-corrected chi connectivity index (χ4v) is 2.68. The Morgan fingerprint density at radius 3 is 2.35 bits per heavy atom. The predicted octanol–water partition coefficient (Wildman–Crippen LogP) is 3.03. The zero-order chi connectivity index (χ0) is 13.1. The Bertz CT molecular complexity index is 516. The molecular weight excluding hydrogens is 258 g/mol. The lowest BCUT2D eigenvalue weighted by Gasteiger charge is -2.18. The summed E-state index contributed by atoms with van der Waals surface area (Å²) in [4.78, 5) is 0. The molecular formula is C12H16ClNO2S. The van der Waals surface area contributed by atoms with Gasteiger partial charge in [-0.05, 0) is 38.5 Å². The SMILES string of the molecule is CC(C)(C)NS(=O)(=O)C=Cc1ccccc1Cl. The van der Waals surface area contributed by atoms with Gasteiger partial charge in [0.2, 0.25) is 10.0 Å². The van der Waals surface area contributed by atoms with Crippen molar-refractivity contribution in [2.75, 3.05) is 0 Å². The Morgan fingerprint density at radius 2 is 1.82 bits per heavy atom. The molecule has 0 radical (unpaired) electrons. The summed E-state index contributed by atoms with van der Waals surface area (Å²) in [7, 11) is -3.44. The van der Waals surface area contributed by atoms with Crippen LogP contribution in [0.2, 0.25) is 5.02 Å². The lowest BCUT2D eigenvalue weighted by Crippen LogP contribution is -2.39. The molecule has 0 aromatic heterocycles. The number of hydrogen-bond acceptors (Lipinski definition) is 2. The van der Waals surface area contributed by atoms with Crippen LogP contribution in [0, 0.1) is 0 Å². The van der Waals surface area contributed by atoms with E-state index >= 15 is 0 Å². The number of rotatable bonds is 3. The van der Waals surface area contributed by atoms with Crippen LogP contribution >= 0.6 is 11.6 Å². The van der Waals surface area contributed by atoms with Gasteiger partial charge in [-0.25, -0.2) is 13.1 Å². The second-order valence-electron chi connectivity index (χ2n) is 4.72. The smallest absolute Gasteiger partial charge is 0.208 e. The summed E-state index contributed by atoms with van der Waals surface area (Å²) < 4.78 is 25.9. The molecule has 1 rings (SSSR count). The first-order chi connectivity index (χ1) is 7.70. The fraction of sp³-hybridized carbons (Fsp3) is 0.333. The van der Waals surface area contributed by atoms with E-state index in [1.54, 1.807) is 45.0 Å². The van der Waals surface area contributed by atoms with Crippen molar-refractivity contribution in [2.45, 2.75) is 26.3 Å². The maximum Gasteiger partial charge on any atom is 0.234 e. The Balaban J connectivity index is 2.89. The van der Waals surface area contributed by atoms with E-state index in [1.165, 1.54) is 6.08 Å². The van der Waals surface area contributed by atoms with Gasteiger partial charge in [0.15, 0.2) is 0 Å². The van der Waals surface area contributed by atoms with Gasteiger partial charge in [0.1, 0.15) is 0 Å². The second-order valence-corrected chi connectivity index (χ2v) is 6.69. The highest BCUT2D eigenvalue weighted by Gasteiger charge is 2.17. The molecule has 0 saturated heterocycles. The largest absolute Gasteiger partial charge is 0.234 e. The van der Waals surface area contributed by atoms with Crippen LogP contribution in [0.3, 0.4) is 0 Å². The maximum absolute atomic E-state index is 11.7. The lowest BCUT2D eigenvalue weighted by atomic mass is 10.1. The van der Waals surface area contributed by atoms with Gasteiger partial charge in [0.05, 0.1) is 0 Å². The highest BCUT2D eigenvalue weighted by Crippen LogP contribution is 2.17. The Hall–Kier alpha value is -0.840. The molecule has 0 aliphatic heterocycles. The Morgan fingerprint density at radius 1 is 1.24 bits per heavy atom. The highest BCUT2D eigenvalue weighted by atomic mass is 35.5. The molecule has 1 aromatic carbocycles. The molecule has 0 unspecified atom stereocenters. The number of benzene rings is 1. The van der Waals surface area contributed by atoms with Gasteiger partial charge in [-0.1, -0.05) is 29.8 Å². The van der Waals surface area contributed by atoms with Crippen LogP contribution < -0.4 is 4.72 Å². The van der Waals surface area contributed by atoms with Crippen molar-refractivity contribution < 1.29 is 8.42 Å². The van der Waals surface area contributed by atoms with Crippen LogP contribution in [-0.4, -0.2) is 14.0 Å². The fourth-order valence-electron chi connectivity index (χ4n) is 1.23. The van der Waals surface area contributed by atoms with E-state index in [1.807, 2.05) is 0 Å². The van der Waals surface area contributed by atoms with Gasteiger partial charge in [-0.15, -0.1) is 0 Å². The normalized spacial score (nSPS) is 13.2. The third-order valence-corrected chi connectivity index (χ3v) is 3.52. The van der Waals surface area contributed by atoms with Crippen molar-refractivity contribution in [1.29, 1.82) is 0 Å². The summed E-state index contributed by atoms with van der Waals surface area (Å²) in [6, 6.07) is 7.06. The molecule has 0 aliphatic carbocycles. The molecule has 3 nitrogen and oxygen atoms in total. The van der Waals surface area contributed by atoms with Gasteiger partial charge >= 0.3 is 0 Å². The molecule has 0 fully saturated rings. The third-order valence-electron chi connectivity index (χ3n) is 1.78. The molecule has 1 aromatic rings. The van der Waals surface area contributed by atoms with Crippen molar-refractivity contribution >= 4 is 27.7 Å². The van der Waals surface area contributed by atoms with Crippen molar-refractivity contribution in [2.24, 2.45) is 0 Å². The standard InChI is InChI=1S/C12H16ClNO2S/c1-12(2,3)14-17(15,16)9-8-10-6-4-5-7-11(10)13/h4-9,14H,1-3H3. The molecule has 94 valence electrons. The summed E-state index contributed by atoms with van der Waals surface area (Å²) in [5.74, 6) is 0. The van der Waals surface area contributed by atoms with Gasteiger partial charge in [0.25, 0.3) is 0 Å². The topological polar surface area (TPSA) is 46.2 Å². The molecule has 1 N–H and O–H groups in total. The average Bonchev–Trinajstić information content (AvgIpc) is 2.13. The Labute approximate surface area is 108 Å². The molecule has 0 saturated carbocycles. The van der Waals surface area contributed by atoms with Gasteiger partial charge in [-0.2, -0.15) is 0 Å². The van der Waals surface area contributed by atoms with E-state index in [0.717, 1.165) is 5.41 Å². The van der Waals surface area contributed by atoms with Gasteiger partial charge in [-0.3, -0.25) is 0 Å². The van der Waals surface area contributed by atoms with Crippen LogP contribution in [0.4, 0.5) is 0 Å². The number of hydrogen-bond donors (Lipinski definition) is 1. The van der Waals surface area contributed by atoms with E-state index in [4.69, 9.17) is 11.6 Å². The van der Waals surface area contributed by atoms with Crippen molar-refractivity contribution in [3.63, 3.8) is 0 Å². The van der Waals surface area contributed by atoms with Crippen molar-refractivity contribution in [1.82, 2.24) is 4.72 Å². The lowest BCUT2D eigenvalue weighted by molar-refractivity contribution is 0.497. The van der Waals surface area contributed by atoms with E-state index < -0.39 is 15.6 Å². The molecule has 0 amide bonds. The van der Waals surface area contributed by atoms with E-state index in [0.29, 0.717) is 10.6 Å². The summed E-state index contributed by atoms with van der Waals surface area (Å²) in [6.45, 7) is 5.36. The van der Waals surface area contributed by atoms with Crippen LogP contribution in [0.1, 0.15) is 26.3 Å². The minimum atomic E-state index is -3.44. The summed E-state index contributed by atoms with van der Waals surface area (Å²) in [5, 5.41) is 1.65. The van der Waals surface area contributed by atoms with Crippen LogP contribution in [0.5, 0.6) is 0 Å². The minimum Gasteiger partial charge on any atom is -0.208 e. The van der Waals surface area contributed by atoms with E-state index in [9.17, 15) is 8.42 Å². The second kappa shape index (κ2) is 5.21. The zero-order valence-electron chi connectivity index (χ0n) is 10.1. The number of sulfonamides is 1. The first kappa shape index (κ1) is 14.2. The zero-order valence-corrected chi connectivity index (χ0v) is 11.6. The monoisotopic (exact) mass is 273 g/mol. The van der Waals surface area contributed by atoms with Crippen LogP contribution in [0.15, 0.2) is 29.7 Å². The third kappa shape index (κ3) is 5.35. The maximum atomic E-state index is 11.7. The first-order valence-electron chi connectivity index (χ1n) is 5.16. The molecule has 0 spiro atoms. The van der Waals surface area contributed by atoms with Crippen LogP contribution in [0.25, 0.3) is 6.08 Å². The van der Waals surface area contributed by atoms with Gasteiger partial charge < -0.3 is 0 Å². The molecule has 0 heterocycles. The Kier molecular flexibility index (Phi) is 4.36. The van der Waals surface area contributed by atoms with E-state index in [-0.39, 0.29) is 0 Å². The summed E-state index contributed by atoms with van der Waals surface area (Å²) in [5.41, 5.74) is 0.178. The van der Waals surface area contributed by atoms with Crippen molar-refractivity contribution in [3.8, 4) is 0 Å². The van der Waals surface area contributed by atoms with Crippen molar-refractivity contribution in [3.05, 3.63) is 40.3 Å². The number of nitrogens with one attached hydrogen (secondary N) is 1. The summed E-state index contributed by atoms with van der Waals surface area (Å²) >= 11 is 5.92. The van der Waals surface area contributed by atoms with E-state index in [2.05, 4.69) is 4.72 Å². The highest BCUT2D eigenvalue weighted by molar-refractivity contribution is 7.92. The summed E-state index contributed by atoms with van der Waals surface area (Å²) in [6.07, 6.45) is 1.48. The number of halogens is 1. The van der Waals surface area contributed by atoms with Gasteiger partial charge in [0, 0.05) is 16.0 Å². The molecule has 0 bridgehead atoms. The molecule has 0 aliphatic rings. The molecule has 0 atom stereocenters.